The SMILES string of the molecule is c1ccc(-c2nc3c(ccc4c5ccc6c(N(c7cccc8ccccc78)c7cccc8ccccc78)cccc6c5ccc43)o2)cc1. The van der Waals surface area contributed by atoms with Crippen LogP contribution in [-0.4, -0.2) is 4.98 Å². The molecule has 0 fully saturated rings. The summed E-state index contributed by atoms with van der Waals surface area (Å²) in [6, 6.07) is 60.5. The van der Waals surface area contributed by atoms with E-state index in [0.29, 0.717) is 5.89 Å². The van der Waals surface area contributed by atoms with Gasteiger partial charge in [0, 0.05) is 27.1 Å². The Morgan fingerprint density at radius 1 is 0.354 bits per heavy atom. The standard InChI is InChI=1S/C45H28N2O/c1-2-13-31(14-3-1)45-46-44-39-26-24-35-34-19-10-22-42(38(34)25-23-36(35)37(39)27-28-43(44)48-45)47(40-20-8-15-29-11-4-6-17-32(29)40)41-21-9-16-30-12-5-7-18-33(30)41/h1-28H. The molecule has 0 amide bonds. The van der Waals surface area contributed by atoms with Gasteiger partial charge >= 0.3 is 0 Å². The van der Waals surface area contributed by atoms with Gasteiger partial charge in [-0.1, -0.05) is 127 Å². The molecule has 0 saturated heterocycles. The number of fused-ring (bicyclic) bond motifs is 9. The molecule has 0 bridgehead atoms. The molecular weight excluding hydrogens is 585 g/mol. The van der Waals surface area contributed by atoms with Crippen molar-refractivity contribution in [2.75, 3.05) is 4.90 Å². The van der Waals surface area contributed by atoms with Gasteiger partial charge in [-0.05, 0) is 74.8 Å². The monoisotopic (exact) mass is 612 g/mol. The molecule has 0 atom stereocenters. The van der Waals surface area contributed by atoms with E-state index in [1.54, 1.807) is 0 Å². The summed E-state index contributed by atoms with van der Waals surface area (Å²) in [5, 5.41) is 11.9. The van der Waals surface area contributed by atoms with Crippen molar-refractivity contribution in [1.82, 2.24) is 4.98 Å². The average Bonchev–Trinajstić information content (AvgIpc) is 3.60. The van der Waals surface area contributed by atoms with Crippen LogP contribution in [0.3, 0.4) is 0 Å². The van der Waals surface area contributed by atoms with Crippen LogP contribution in [0.1, 0.15) is 0 Å². The number of benzene rings is 9. The van der Waals surface area contributed by atoms with E-state index in [9.17, 15) is 0 Å². The maximum Gasteiger partial charge on any atom is 0.227 e. The fourth-order valence-corrected chi connectivity index (χ4v) is 7.46. The summed E-state index contributed by atoms with van der Waals surface area (Å²) in [5.74, 6) is 0.642. The number of oxazole rings is 1. The highest BCUT2D eigenvalue weighted by molar-refractivity contribution is 6.23. The second kappa shape index (κ2) is 10.5. The van der Waals surface area contributed by atoms with Crippen LogP contribution >= 0.6 is 0 Å². The summed E-state index contributed by atoms with van der Waals surface area (Å²) >= 11 is 0. The van der Waals surface area contributed by atoms with Crippen molar-refractivity contribution in [2.45, 2.75) is 0 Å². The molecule has 3 heteroatoms. The molecule has 224 valence electrons. The second-order valence-corrected chi connectivity index (χ2v) is 12.3. The molecule has 9 aromatic carbocycles. The molecular formula is C45H28N2O. The molecule has 1 aromatic heterocycles. The van der Waals surface area contributed by atoms with Crippen LogP contribution in [-0.2, 0) is 0 Å². The topological polar surface area (TPSA) is 29.3 Å². The van der Waals surface area contributed by atoms with E-state index in [4.69, 9.17) is 9.40 Å². The molecule has 0 unspecified atom stereocenters. The van der Waals surface area contributed by atoms with E-state index < -0.39 is 0 Å². The Hall–Kier alpha value is -6.45. The zero-order valence-corrected chi connectivity index (χ0v) is 26.0. The van der Waals surface area contributed by atoms with E-state index in [1.807, 2.05) is 30.3 Å². The summed E-state index contributed by atoms with van der Waals surface area (Å²) in [5.41, 5.74) is 6.10. The first kappa shape index (κ1) is 26.7. The molecule has 10 aromatic rings. The minimum Gasteiger partial charge on any atom is -0.436 e. The van der Waals surface area contributed by atoms with Gasteiger partial charge < -0.3 is 9.32 Å². The van der Waals surface area contributed by atoms with Crippen LogP contribution < -0.4 is 4.90 Å². The maximum atomic E-state index is 6.22. The largest absolute Gasteiger partial charge is 0.436 e. The Labute approximate surface area is 276 Å². The van der Waals surface area contributed by atoms with Crippen LogP contribution in [0.5, 0.6) is 0 Å². The van der Waals surface area contributed by atoms with Crippen molar-refractivity contribution in [2.24, 2.45) is 0 Å². The Morgan fingerprint density at radius 3 is 1.50 bits per heavy atom. The molecule has 10 rings (SSSR count). The van der Waals surface area contributed by atoms with Gasteiger partial charge in [-0.2, -0.15) is 0 Å². The minimum absolute atomic E-state index is 0.642. The first-order chi connectivity index (χ1) is 23.8. The molecule has 0 saturated carbocycles. The van der Waals surface area contributed by atoms with Crippen LogP contribution in [0, 0.1) is 0 Å². The molecule has 0 spiro atoms. The highest BCUT2D eigenvalue weighted by Gasteiger charge is 2.21. The molecule has 48 heavy (non-hydrogen) atoms. The summed E-state index contributed by atoms with van der Waals surface area (Å²) in [7, 11) is 0. The van der Waals surface area contributed by atoms with Crippen molar-refractivity contribution in [3.05, 3.63) is 170 Å². The number of hydrogen-bond donors (Lipinski definition) is 0. The normalized spacial score (nSPS) is 11.8. The number of hydrogen-bond acceptors (Lipinski definition) is 3. The third kappa shape index (κ3) is 4.04. The lowest BCUT2D eigenvalue weighted by atomic mass is 9.95. The van der Waals surface area contributed by atoms with Crippen LogP contribution in [0.25, 0.3) is 76.4 Å². The van der Waals surface area contributed by atoms with Gasteiger partial charge in [0.2, 0.25) is 5.89 Å². The lowest BCUT2D eigenvalue weighted by Crippen LogP contribution is -2.11. The third-order valence-electron chi connectivity index (χ3n) is 9.66. The summed E-state index contributed by atoms with van der Waals surface area (Å²) in [6.07, 6.45) is 0. The summed E-state index contributed by atoms with van der Waals surface area (Å²) in [4.78, 5) is 7.41. The lowest BCUT2D eigenvalue weighted by Gasteiger charge is -2.29. The van der Waals surface area contributed by atoms with Gasteiger partial charge in [-0.15, -0.1) is 0 Å². The smallest absolute Gasteiger partial charge is 0.227 e. The van der Waals surface area contributed by atoms with E-state index >= 15 is 0 Å². The lowest BCUT2D eigenvalue weighted by molar-refractivity contribution is 0.620. The first-order valence-corrected chi connectivity index (χ1v) is 16.3. The zero-order valence-electron chi connectivity index (χ0n) is 26.0. The van der Waals surface area contributed by atoms with Crippen molar-refractivity contribution >= 4 is 82.0 Å². The second-order valence-electron chi connectivity index (χ2n) is 12.3. The minimum atomic E-state index is 0.642. The van der Waals surface area contributed by atoms with Crippen molar-refractivity contribution in [3.8, 4) is 11.5 Å². The van der Waals surface area contributed by atoms with Gasteiger partial charge in [0.1, 0.15) is 5.52 Å². The number of rotatable bonds is 4. The van der Waals surface area contributed by atoms with Crippen LogP contribution in [0.4, 0.5) is 17.1 Å². The van der Waals surface area contributed by atoms with Crippen molar-refractivity contribution < 1.29 is 4.42 Å². The van der Waals surface area contributed by atoms with Crippen molar-refractivity contribution in [1.29, 1.82) is 0 Å². The Bertz CT molecular complexity index is 2760. The van der Waals surface area contributed by atoms with E-state index in [1.165, 1.54) is 48.5 Å². The predicted octanol–water partition coefficient (Wildman–Crippen LogP) is 12.7. The average molecular weight is 613 g/mol. The number of nitrogens with zero attached hydrogens (tertiary/aromatic N) is 2. The number of aromatic nitrogens is 1. The van der Waals surface area contributed by atoms with E-state index in [0.717, 1.165) is 39.1 Å². The third-order valence-corrected chi connectivity index (χ3v) is 9.66. The highest BCUT2D eigenvalue weighted by atomic mass is 16.3. The zero-order chi connectivity index (χ0) is 31.6. The number of anilines is 3. The van der Waals surface area contributed by atoms with Gasteiger partial charge in [0.25, 0.3) is 0 Å². The van der Waals surface area contributed by atoms with E-state index in [2.05, 4.69) is 144 Å². The Kier molecular flexibility index (Phi) is 5.87. The molecule has 0 aliphatic carbocycles. The Balaban J connectivity index is 1.23. The first-order valence-electron chi connectivity index (χ1n) is 16.3. The highest BCUT2D eigenvalue weighted by Crippen LogP contribution is 2.46. The predicted molar refractivity (Wildman–Crippen MR) is 202 cm³/mol. The molecule has 0 aliphatic rings. The van der Waals surface area contributed by atoms with Crippen LogP contribution in [0.15, 0.2) is 174 Å². The molecule has 0 N–H and O–H groups in total. The van der Waals surface area contributed by atoms with Gasteiger partial charge in [-0.25, -0.2) is 4.98 Å². The fraction of sp³-hybridized carbons (Fsp3) is 0. The molecule has 1 heterocycles. The van der Waals surface area contributed by atoms with Gasteiger partial charge in [0.15, 0.2) is 5.58 Å². The quantitative estimate of drug-likeness (QED) is 0.185. The van der Waals surface area contributed by atoms with Gasteiger partial charge in [0.05, 0.1) is 17.1 Å². The summed E-state index contributed by atoms with van der Waals surface area (Å²) in [6.45, 7) is 0. The maximum absolute atomic E-state index is 6.22. The summed E-state index contributed by atoms with van der Waals surface area (Å²) < 4.78 is 6.22. The molecule has 0 aliphatic heterocycles. The fourth-order valence-electron chi connectivity index (χ4n) is 7.46. The van der Waals surface area contributed by atoms with Crippen LogP contribution in [0.2, 0.25) is 0 Å². The van der Waals surface area contributed by atoms with Crippen molar-refractivity contribution in [3.63, 3.8) is 0 Å². The van der Waals surface area contributed by atoms with Gasteiger partial charge in [-0.3, -0.25) is 0 Å². The molecule has 3 nitrogen and oxygen atoms in total. The van der Waals surface area contributed by atoms with E-state index in [-0.39, 0.29) is 0 Å². The molecule has 0 radical (unpaired) electrons. The Morgan fingerprint density at radius 2 is 0.812 bits per heavy atom.